The van der Waals surface area contributed by atoms with Crippen LogP contribution in [-0.4, -0.2) is 30.9 Å². The van der Waals surface area contributed by atoms with Crippen molar-refractivity contribution >= 4 is 11.9 Å². The van der Waals surface area contributed by atoms with Gasteiger partial charge in [0.25, 0.3) is 5.91 Å². The summed E-state index contributed by atoms with van der Waals surface area (Å²) in [6.07, 6.45) is -0.246. The summed E-state index contributed by atoms with van der Waals surface area (Å²) in [5.74, 6) is 0.0645. The van der Waals surface area contributed by atoms with Crippen LogP contribution in [0.5, 0.6) is 17.2 Å². The molecular formula is C18H17NO6. The van der Waals surface area contributed by atoms with Crippen LogP contribution in [0.15, 0.2) is 42.5 Å². The maximum absolute atomic E-state index is 12.6. The highest BCUT2D eigenvalue weighted by Crippen LogP contribution is 2.35. The highest BCUT2D eigenvalue weighted by Gasteiger charge is 2.25. The van der Waals surface area contributed by atoms with E-state index in [0.29, 0.717) is 28.4 Å². The number of carboxylic acid groups (broad SMARTS) is 1. The number of hydrogen-bond acceptors (Lipinski definition) is 5. The van der Waals surface area contributed by atoms with Gasteiger partial charge in [0.05, 0.1) is 25.1 Å². The van der Waals surface area contributed by atoms with Crippen LogP contribution in [0.1, 0.15) is 28.4 Å². The molecule has 7 nitrogen and oxygen atoms in total. The molecule has 2 aromatic rings. The number of para-hydroxylation sites is 1. The minimum atomic E-state index is -1.01. The number of rotatable bonds is 6. The predicted octanol–water partition coefficient (Wildman–Crippen LogP) is 2.37. The molecule has 1 heterocycles. The van der Waals surface area contributed by atoms with E-state index in [1.54, 1.807) is 49.6 Å². The van der Waals surface area contributed by atoms with Gasteiger partial charge in [0, 0.05) is 0 Å². The van der Waals surface area contributed by atoms with Gasteiger partial charge in [-0.2, -0.15) is 0 Å². The first-order chi connectivity index (χ1) is 12.1. The van der Waals surface area contributed by atoms with Crippen LogP contribution in [0.3, 0.4) is 0 Å². The number of carbonyl (C=O) groups excluding carboxylic acids is 1. The highest BCUT2D eigenvalue weighted by atomic mass is 16.7. The standard InChI is InChI=1S/C18H17NO6/c1-23-12-7-5-11(6-8-12)14(9-16(20)21)19-18(22)13-3-2-4-15-17(13)25-10-24-15/h2-8,14H,9-10H2,1H3,(H,19,22)(H,20,21). The van der Waals surface area contributed by atoms with Crippen LogP contribution >= 0.6 is 0 Å². The van der Waals surface area contributed by atoms with Crippen molar-refractivity contribution in [1.29, 1.82) is 0 Å². The fraction of sp³-hybridized carbons (Fsp3) is 0.222. The Balaban J connectivity index is 1.83. The molecule has 0 fully saturated rings. The van der Waals surface area contributed by atoms with E-state index in [2.05, 4.69) is 5.32 Å². The predicted molar refractivity (Wildman–Crippen MR) is 88.0 cm³/mol. The minimum absolute atomic E-state index is 0.0522. The Kier molecular flexibility index (Phi) is 4.74. The smallest absolute Gasteiger partial charge is 0.305 e. The molecule has 2 N–H and O–H groups in total. The number of amides is 1. The van der Waals surface area contributed by atoms with Crippen LogP contribution in [-0.2, 0) is 4.79 Å². The summed E-state index contributed by atoms with van der Waals surface area (Å²) in [7, 11) is 1.55. The molecule has 1 aliphatic heterocycles. The summed E-state index contributed by atoms with van der Waals surface area (Å²) >= 11 is 0. The van der Waals surface area contributed by atoms with Crippen LogP contribution in [0, 0.1) is 0 Å². The number of carbonyl (C=O) groups is 2. The van der Waals surface area contributed by atoms with Crippen molar-refractivity contribution in [3.63, 3.8) is 0 Å². The van der Waals surface area contributed by atoms with Crippen molar-refractivity contribution in [2.75, 3.05) is 13.9 Å². The van der Waals surface area contributed by atoms with Gasteiger partial charge in [-0.25, -0.2) is 0 Å². The SMILES string of the molecule is COc1ccc(C(CC(=O)O)NC(=O)c2cccc3c2OCO3)cc1. The van der Waals surface area contributed by atoms with Crippen LogP contribution < -0.4 is 19.5 Å². The molecule has 1 unspecified atom stereocenters. The van der Waals surface area contributed by atoms with Gasteiger partial charge in [-0.3, -0.25) is 9.59 Å². The maximum atomic E-state index is 12.6. The average Bonchev–Trinajstić information content (AvgIpc) is 3.09. The number of nitrogens with one attached hydrogen (secondary N) is 1. The van der Waals surface area contributed by atoms with Gasteiger partial charge in [-0.1, -0.05) is 18.2 Å². The zero-order chi connectivity index (χ0) is 17.8. The van der Waals surface area contributed by atoms with Crippen molar-refractivity contribution in [3.05, 3.63) is 53.6 Å². The molecule has 2 aromatic carbocycles. The lowest BCUT2D eigenvalue weighted by atomic mass is 10.0. The monoisotopic (exact) mass is 343 g/mol. The molecule has 0 saturated heterocycles. The molecule has 1 aliphatic rings. The van der Waals surface area contributed by atoms with Gasteiger partial charge in [0.15, 0.2) is 11.5 Å². The van der Waals surface area contributed by atoms with Crippen molar-refractivity contribution in [2.45, 2.75) is 12.5 Å². The van der Waals surface area contributed by atoms with Crippen LogP contribution in [0.4, 0.5) is 0 Å². The molecule has 3 rings (SSSR count). The summed E-state index contributed by atoms with van der Waals surface area (Å²) in [5, 5.41) is 11.9. The van der Waals surface area contributed by atoms with Gasteiger partial charge in [-0.05, 0) is 29.8 Å². The third kappa shape index (κ3) is 3.65. The van der Waals surface area contributed by atoms with E-state index in [-0.39, 0.29) is 13.2 Å². The molecular weight excluding hydrogens is 326 g/mol. The first-order valence-corrected chi connectivity index (χ1v) is 7.63. The lowest BCUT2D eigenvalue weighted by Gasteiger charge is -2.18. The Hall–Kier alpha value is -3.22. The number of ether oxygens (including phenoxy) is 3. The van der Waals surface area contributed by atoms with Crippen molar-refractivity contribution in [3.8, 4) is 17.2 Å². The third-order valence-corrected chi connectivity index (χ3v) is 3.84. The van der Waals surface area contributed by atoms with E-state index in [9.17, 15) is 9.59 Å². The van der Waals surface area contributed by atoms with E-state index in [4.69, 9.17) is 19.3 Å². The second-order valence-corrected chi connectivity index (χ2v) is 5.44. The van der Waals surface area contributed by atoms with E-state index >= 15 is 0 Å². The van der Waals surface area contributed by atoms with Gasteiger partial charge >= 0.3 is 5.97 Å². The summed E-state index contributed by atoms with van der Waals surface area (Å²) in [6, 6.07) is 11.2. The zero-order valence-corrected chi connectivity index (χ0v) is 13.5. The first-order valence-electron chi connectivity index (χ1n) is 7.63. The topological polar surface area (TPSA) is 94.1 Å². The molecule has 0 spiro atoms. The Morgan fingerprint density at radius 3 is 2.64 bits per heavy atom. The summed E-state index contributed by atoms with van der Waals surface area (Å²) < 4.78 is 15.7. The molecule has 130 valence electrons. The Morgan fingerprint density at radius 1 is 1.20 bits per heavy atom. The third-order valence-electron chi connectivity index (χ3n) is 3.84. The molecule has 0 saturated carbocycles. The van der Waals surface area contributed by atoms with Crippen LogP contribution in [0.2, 0.25) is 0 Å². The first kappa shape index (κ1) is 16.6. The Bertz CT molecular complexity index is 787. The number of aliphatic carboxylic acids is 1. The van der Waals surface area contributed by atoms with Crippen molar-refractivity contribution in [2.24, 2.45) is 0 Å². The maximum Gasteiger partial charge on any atom is 0.305 e. The largest absolute Gasteiger partial charge is 0.497 e. The fourth-order valence-corrected chi connectivity index (χ4v) is 2.61. The summed E-state index contributed by atoms with van der Waals surface area (Å²) in [6.45, 7) is 0.0522. The molecule has 25 heavy (non-hydrogen) atoms. The normalized spacial score (nSPS) is 13.2. The second kappa shape index (κ2) is 7.12. The Morgan fingerprint density at radius 2 is 1.96 bits per heavy atom. The van der Waals surface area contributed by atoms with Crippen molar-refractivity contribution in [1.82, 2.24) is 5.32 Å². The number of fused-ring (bicyclic) bond motifs is 1. The average molecular weight is 343 g/mol. The zero-order valence-electron chi connectivity index (χ0n) is 13.5. The van der Waals surface area contributed by atoms with E-state index in [0.717, 1.165) is 0 Å². The fourth-order valence-electron chi connectivity index (χ4n) is 2.61. The summed E-state index contributed by atoms with van der Waals surface area (Å²) in [4.78, 5) is 23.8. The highest BCUT2D eigenvalue weighted by molar-refractivity contribution is 5.98. The quantitative estimate of drug-likeness (QED) is 0.836. The minimum Gasteiger partial charge on any atom is -0.497 e. The number of hydrogen-bond donors (Lipinski definition) is 2. The molecule has 0 bridgehead atoms. The van der Waals surface area contributed by atoms with Gasteiger partial charge in [0.1, 0.15) is 5.75 Å². The lowest BCUT2D eigenvalue weighted by molar-refractivity contribution is -0.137. The van der Waals surface area contributed by atoms with Gasteiger partial charge < -0.3 is 24.6 Å². The van der Waals surface area contributed by atoms with E-state index < -0.39 is 17.9 Å². The molecule has 0 aromatic heterocycles. The molecule has 1 amide bonds. The lowest BCUT2D eigenvalue weighted by Crippen LogP contribution is -2.30. The molecule has 1 atom stereocenters. The van der Waals surface area contributed by atoms with E-state index in [1.165, 1.54) is 0 Å². The molecule has 0 aliphatic carbocycles. The second-order valence-electron chi connectivity index (χ2n) is 5.44. The van der Waals surface area contributed by atoms with Gasteiger partial charge in [0.2, 0.25) is 6.79 Å². The van der Waals surface area contributed by atoms with Gasteiger partial charge in [-0.15, -0.1) is 0 Å². The number of benzene rings is 2. The van der Waals surface area contributed by atoms with E-state index in [1.807, 2.05) is 0 Å². The van der Waals surface area contributed by atoms with Crippen LogP contribution in [0.25, 0.3) is 0 Å². The Labute approximate surface area is 144 Å². The van der Waals surface area contributed by atoms with Crippen molar-refractivity contribution < 1.29 is 28.9 Å². The number of methoxy groups -OCH3 is 1. The summed E-state index contributed by atoms with van der Waals surface area (Å²) in [5.41, 5.74) is 0.972. The number of carboxylic acids is 1. The molecule has 0 radical (unpaired) electrons. The molecule has 7 heteroatoms.